The van der Waals surface area contributed by atoms with Gasteiger partial charge in [-0.05, 0) is 75.1 Å². The minimum atomic E-state index is -1.25. The molecule has 50 heavy (non-hydrogen) atoms. The largest absolute Gasteiger partial charge is 0.508 e. The Kier molecular flexibility index (Phi) is 18.0. The number of hydrogen-bond acceptors (Lipinski definition) is 9. The highest BCUT2D eigenvalue weighted by atomic mass is 16.4. The monoisotopic (exact) mass is 701 g/mol. The maximum atomic E-state index is 13.9. The zero-order chi connectivity index (χ0) is 37.2. The number of carbonyl (C=O) groups is 6. The summed E-state index contributed by atoms with van der Waals surface area (Å²) in [6.45, 7) is 5.97. The summed E-state index contributed by atoms with van der Waals surface area (Å²) >= 11 is 0. The minimum absolute atomic E-state index is 0.000292. The van der Waals surface area contributed by atoms with Crippen molar-refractivity contribution in [2.75, 3.05) is 6.54 Å². The Morgan fingerprint density at radius 3 is 2.06 bits per heavy atom. The number of phenols is 1. The summed E-state index contributed by atoms with van der Waals surface area (Å²) < 4.78 is 0. The van der Waals surface area contributed by atoms with Gasteiger partial charge in [0.2, 0.25) is 29.5 Å². The Balaban J connectivity index is 2.42. The highest BCUT2D eigenvalue weighted by Gasteiger charge is 2.33. The molecule has 2 rings (SSSR count). The lowest BCUT2D eigenvalue weighted by Gasteiger charge is -2.27. The average Bonchev–Trinajstić information content (AvgIpc) is 3.06. The fourth-order valence-corrected chi connectivity index (χ4v) is 5.39. The number of carbonyl (C=O) groups excluding carboxylic acids is 5. The molecule has 6 atom stereocenters. The molecule has 0 saturated carbocycles. The van der Waals surface area contributed by atoms with E-state index in [1.165, 1.54) is 12.1 Å². The Morgan fingerprint density at radius 2 is 1.46 bits per heavy atom. The van der Waals surface area contributed by atoms with E-state index in [1.807, 2.05) is 20.8 Å². The average molecular weight is 702 g/mol. The first-order chi connectivity index (χ1) is 23.7. The van der Waals surface area contributed by atoms with Crippen molar-refractivity contribution < 1.29 is 39.0 Å². The molecule has 5 amide bonds. The molecule has 1 aliphatic rings. The molecule has 1 aromatic carbocycles. The van der Waals surface area contributed by atoms with Crippen molar-refractivity contribution in [2.45, 2.75) is 121 Å². The molecule has 15 nitrogen and oxygen atoms in total. The molecule has 0 bridgehead atoms. The first kappa shape index (κ1) is 41.7. The molecule has 278 valence electrons. The van der Waals surface area contributed by atoms with Crippen LogP contribution in [0, 0.1) is 5.92 Å². The van der Waals surface area contributed by atoms with E-state index in [9.17, 15) is 39.0 Å². The fourth-order valence-electron chi connectivity index (χ4n) is 5.39. The summed E-state index contributed by atoms with van der Waals surface area (Å²) in [5, 5.41) is 32.8. The lowest BCUT2D eigenvalue weighted by atomic mass is 10.0. The van der Waals surface area contributed by atoms with Crippen molar-refractivity contribution in [1.29, 1.82) is 0 Å². The van der Waals surface area contributed by atoms with E-state index in [0.29, 0.717) is 31.4 Å². The highest BCUT2D eigenvalue weighted by molar-refractivity contribution is 5.96. The molecular weight excluding hydrogens is 646 g/mol. The third-order valence-corrected chi connectivity index (χ3v) is 8.29. The Labute approximate surface area is 293 Å². The third kappa shape index (κ3) is 14.5. The number of nitrogens with one attached hydrogen (secondary N) is 5. The molecule has 1 aromatic rings. The van der Waals surface area contributed by atoms with Crippen molar-refractivity contribution in [3.05, 3.63) is 42.0 Å². The molecule has 0 unspecified atom stereocenters. The molecule has 15 heteroatoms. The summed E-state index contributed by atoms with van der Waals surface area (Å²) in [6.07, 6.45) is 6.39. The first-order valence-electron chi connectivity index (χ1n) is 17.4. The van der Waals surface area contributed by atoms with Gasteiger partial charge in [0.15, 0.2) is 0 Å². The second kappa shape index (κ2) is 21.6. The third-order valence-electron chi connectivity index (χ3n) is 8.29. The van der Waals surface area contributed by atoms with Gasteiger partial charge in [-0.3, -0.25) is 24.0 Å². The zero-order valence-corrected chi connectivity index (χ0v) is 29.3. The lowest BCUT2D eigenvalue weighted by Crippen LogP contribution is -2.59. The lowest BCUT2D eigenvalue weighted by molar-refractivity contribution is -0.142. The van der Waals surface area contributed by atoms with Crippen molar-refractivity contribution in [2.24, 2.45) is 17.4 Å². The number of carboxylic acid groups (broad SMARTS) is 1. The molecule has 0 radical (unpaired) electrons. The van der Waals surface area contributed by atoms with Gasteiger partial charge >= 0.3 is 5.97 Å². The fraction of sp³-hybridized carbons (Fsp3) is 0.600. The summed E-state index contributed by atoms with van der Waals surface area (Å²) in [4.78, 5) is 79.3. The summed E-state index contributed by atoms with van der Waals surface area (Å²) in [5.74, 6) is -4.46. The number of aromatic hydroxyl groups is 1. The van der Waals surface area contributed by atoms with E-state index < -0.39 is 71.8 Å². The number of carboxylic acids is 1. The number of rotatable bonds is 16. The number of unbranched alkanes of at least 4 members (excludes halogenated alkanes) is 2. The van der Waals surface area contributed by atoms with Crippen LogP contribution in [0.3, 0.4) is 0 Å². The topological polar surface area (TPSA) is 255 Å². The van der Waals surface area contributed by atoms with Crippen LogP contribution in [0.1, 0.15) is 84.1 Å². The Bertz CT molecular complexity index is 1320. The number of amides is 5. The van der Waals surface area contributed by atoms with Gasteiger partial charge in [-0.25, -0.2) is 4.79 Å². The van der Waals surface area contributed by atoms with Crippen LogP contribution in [0.4, 0.5) is 0 Å². The minimum Gasteiger partial charge on any atom is -0.508 e. The molecular formula is C35H55N7O8. The van der Waals surface area contributed by atoms with Gasteiger partial charge in [0, 0.05) is 6.42 Å². The van der Waals surface area contributed by atoms with E-state index in [2.05, 4.69) is 26.6 Å². The normalized spacial score (nSPS) is 22.2. The predicted molar refractivity (Wildman–Crippen MR) is 187 cm³/mol. The Morgan fingerprint density at radius 1 is 0.860 bits per heavy atom. The van der Waals surface area contributed by atoms with Gasteiger partial charge < -0.3 is 48.3 Å². The van der Waals surface area contributed by atoms with Gasteiger partial charge in [0.1, 0.15) is 36.0 Å². The molecule has 0 fully saturated rings. The molecule has 1 heterocycles. The molecule has 1 aliphatic heterocycles. The smallest absolute Gasteiger partial charge is 0.326 e. The number of aliphatic carboxylic acids is 1. The highest BCUT2D eigenvalue weighted by Crippen LogP contribution is 2.14. The van der Waals surface area contributed by atoms with Crippen LogP contribution in [-0.4, -0.2) is 88.5 Å². The van der Waals surface area contributed by atoms with Crippen molar-refractivity contribution in [3.63, 3.8) is 0 Å². The van der Waals surface area contributed by atoms with Crippen LogP contribution >= 0.6 is 0 Å². The van der Waals surface area contributed by atoms with E-state index in [4.69, 9.17) is 11.5 Å². The number of nitrogens with two attached hydrogens (primary N) is 2. The maximum Gasteiger partial charge on any atom is 0.326 e. The van der Waals surface area contributed by atoms with E-state index in [0.717, 1.165) is 6.42 Å². The summed E-state index contributed by atoms with van der Waals surface area (Å²) in [7, 11) is 0. The zero-order valence-electron chi connectivity index (χ0n) is 29.3. The number of phenolic OH excluding ortho intramolecular Hbond substituents is 1. The predicted octanol–water partition coefficient (Wildman–Crippen LogP) is 0.486. The number of hydrogen-bond donors (Lipinski definition) is 9. The van der Waals surface area contributed by atoms with Gasteiger partial charge in [0.25, 0.3) is 0 Å². The van der Waals surface area contributed by atoms with E-state index >= 15 is 0 Å². The second-order valence-corrected chi connectivity index (χ2v) is 13.1. The van der Waals surface area contributed by atoms with Crippen LogP contribution in [0.15, 0.2) is 36.4 Å². The molecule has 0 saturated heterocycles. The van der Waals surface area contributed by atoms with Crippen LogP contribution in [-0.2, 0) is 35.2 Å². The van der Waals surface area contributed by atoms with Crippen LogP contribution < -0.4 is 38.1 Å². The van der Waals surface area contributed by atoms with Gasteiger partial charge in [-0.1, -0.05) is 57.9 Å². The van der Waals surface area contributed by atoms with Crippen molar-refractivity contribution in [3.8, 4) is 5.75 Å². The van der Waals surface area contributed by atoms with Gasteiger partial charge in [0.05, 0.1) is 6.04 Å². The van der Waals surface area contributed by atoms with Crippen LogP contribution in [0.2, 0.25) is 0 Å². The van der Waals surface area contributed by atoms with Crippen molar-refractivity contribution >= 4 is 35.5 Å². The van der Waals surface area contributed by atoms with E-state index in [1.54, 1.807) is 24.3 Å². The van der Waals surface area contributed by atoms with Crippen LogP contribution in [0.25, 0.3) is 0 Å². The SMILES string of the molecule is CCCC[C@@H]1NC(=O)[C@H](CCCCN)NC(=O)[C@@H](N)C/C=C/C[C@@H](C(=O)N[C@@H](Cc2ccc(O)cc2)C(=O)N[C@@H](CC(C)C)C(=O)O)NC1=O. The Hall–Kier alpha value is -4.50. The molecule has 0 spiro atoms. The van der Waals surface area contributed by atoms with Crippen LogP contribution in [0.5, 0.6) is 5.75 Å². The molecule has 0 aromatic heterocycles. The summed E-state index contributed by atoms with van der Waals surface area (Å²) in [5.41, 5.74) is 12.3. The van der Waals surface area contributed by atoms with Gasteiger partial charge in [-0.2, -0.15) is 0 Å². The van der Waals surface area contributed by atoms with E-state index in [-0.39, 0.29) is 50.2 Å². The molecule has 11 N–H and O–H groups in total. The van der Waals surface area contributed by atoms with Crippen molar-refractivity contribution in [1.82, 2.24) is 26.6 Å². The molecule has 0 aliphatic carbocycles. The second-order valence-electron chi connectivity index (χ2n) is 13.1. The standard InChI is InChI=1S/C35H55N7O8/c1-4-5-11-25-31(45)40-27(12-7-6-10-24(37)30(44)38-26(32(46)39-25)13-8-9-18-36)33(47)41-28(20-22-14-16-23(43)17-15-22)34(48)42-29(35(49)50)19-21(2)3/h6-7,14-17,21,24-29,43H,4-5,8-13,18-20,36-37H2,1-3H3,(H,38,44)(H,39,46)(H,40,45)(H,41,47)(H,42,48)(H,49,50)/b7-6+/t24-,25-,26-,27-,28-,29-/m0/s1. The quantitative estimate of drug-likeness (QED) is 0.0851. The maximum absolute atomic E-state index is 13.9. The first-order valence-corrected chi connectivity index (χ1v) is 17.4. The summed E-state index contributed by atoms with van der Waals surface area (Å²) in [6, 6.07) is -0.654. The number of benzene rings is 1. The van der Waals surface area contributed by atoms with Gasteiger partial charge in [-0.15, -0.1) is 0 Å².